The smallest absolute Gasteiger partial charge is 0.141 e. The number of aromatic nitrogens is 2. The van der Waals surface area contributed by atoms with Crippen molar-refractivity contribution in [3.8, 4) is 5.75 Å². The lowest BCUT2D eigenvalue weighted by Crippen LogP contribution is -2.06. The van der Waals surface area contributed by atoms with Crippen molar-refractivity contribution >= 4 is 41.0 Å². The first-order valence-electron chi connectivity index (χ1n) is 10.3. The summed E-state index contributed by atoms with van der Waals surface area (Å²) >= 11 is 13.7. The van der Waals surface area contributed by atoms with Crippen LogP contribution in [0.4, 0.5) is 8.78 Å². The molecule has 3 nitrogen and oxygen atoms in total. The van der Waals surface area contributed by atoms with E-state index in [0.717, 1.165) is 22.0 Å². The van der Waals surface area contributed by atoms with Gasteiger partial charge in [-0.2, -0.15) is 0 Å². The highest BCUT2D eigenvalue weighted by molar-refractivity contribution is 7.98. The lowest BCUT2D eigenvalue weighted by atomic mass is 9.90. The number of aromatic amines is 1. The van der Waals surface area contributed by atoms with E-state index in [-0.39, 0.29) is 10.0 Å². The van der Waals surface area contributed by atoms with Crippen molar-refractivity contribution in [3.05, 3.63) is 117 Å². The highest BCUT2D eigenvalue weighted by Gasteiger charge is 2.24. The van der Waals surface area contributed by atoms with Gasteiger partial charge >= 0.3 is 0 Å². The fourth-order valence-electron chi connectivity index (χ4n) is 3.54. The number of thioether (sulfide) groups is 1. The summed E-state index contributed by atoms with van der Waals surface area (Å²) in [5.41, 5.74) is 3.23. The van der Waals surface area contributed by atoms with Gasteiger partial charge in [0.05, 0.1) is 28.8 Å². The van der Waals surface area contributed by atoms with Gasteiger partial charge < -0.3 is 9.72 Å². The SMILES string of the molecule is C=Cc1[nH]c(C(c2ccc(F)c(Cl)c2)c2ccc(F)c(Cl)c2)nc1SCc1ccc(OC)cc1. The molecule has 0 unspecified atom stereocenters. The van der Waals surface area contributed by atoms with E-state index in [9.17, 15) is 8.78 Å². The number of methoxy groups -OCH3 is 1. The van der Waals surface area contributed by atoms with E-state index in [1.165, 1.54) is 12.1 Å². The predicted octanol–water partition coefficient (Wildman–Crippen LogP) is 8.12. The molecule has 1 heterocycles. The zero-order valence-corrected chi connectivity index (χ0v) is 20.4. The highest BCUT2D eigenvalue weighted by Crippen LogP contribution is 2.36. The molecule has 4 aromatic rings. The van der Waals surface area contributed by atoms with Crippen LogP contribution in [0.3, 0.4) is 0 Å². The van der Waals surface area contributed by atoms with Crippen LogP contribution >= 0.6 is 35.0 Å². The molecule has 0 spiro atoms. The van der Waals surface area contributed by atoms with Gasteiger partial charge in [-0.15, -0.1) is 0 Å². The van der Waals surface area contributed by atoms with E-state index < -0.39 is 17.6 Å². The van der Waals surface area contributed by atoms with Crippen molar-refractivity contribution in [2.24, 2.45) is 0 Å². The normalized spacial score (nSPS) is 11.1. The maximum Gasteiger partial charge on any atom is 0.141 e. The zero-order chi connectivity index (χ0) is 24.2. The van der Waals surface area contributed by atoms with Crippen LogP contribution in [0.15, 0.2) is 72.3 Å². The van der Waals surface area contributed by atoms with Crippen molar-refractivity contribution in [2.45, 2.75) is 16.7 Å². The Morgan fingerprint density at radius 2 is 1.59 bits per heavy atom. The third kappa shape index (κ3) is 5.30. The summed E-state index contributed by atoms with van der Waals surface area (Å²) in [7, 11) is 1.63. The molecule has 0 amide bonds. The number of nitrogens with one attached hydrogen (secondary N) is 1. The van der Waals surface area contributed by atoms with Gasteiger partial charge in [0.2, 0.25) is 0 Å². The van der Waals surface area contributed by atoms with Crippen LogP contribution in [-0.2, 0) is 5.75 Å². The third-order valence-corrected chi connectivity index (χ3v) is 6.92. The number of hydrogen-bond donors (Lipinski definition) is 1. The molecule has 34 heavy (non-hydrogen) atoms. The van der Waals surface area contributed by atoms with Crippen LogP contribution < -0.4 is 4.74 Å². The Hall–Kier alpha value is -2.80. The van der Waals surface area contributed by atoms with E-state index in [4.69, 9.17) is 32.9 Å². The summed E-state index contributed by atoms with van der Waals surface area (Å²) in [5, 5.41) is 0.730. The number of nitrogens with zero attached hydrogens (tertiary/aromatic N) is 1. The Morgan fingerprint density at radius 1 is 1.00 bits per heavy atom. The van der Waals surface area contributed by atoms with Gasteiger partial charge in [0.25, 0.3) is 0 Å². The van der Waals surface area contributed by atoms with E-state index in [1.54, 1.807) is 49.2 Å². The van der Waals surface area contributed by atoms with E-state index in [1.807, 2.05) is 24.3 Å². The van der Waals surface area contributed by atoms with Gasteiger partial charge in [0.15, 0.2) is 0 Å². The molecule has 4 rings (SSSR count). The van der Waals surface area contributed by atoms with Crippen LogP contribution in [0, 0.1) is 11.6 Å². The number of imidazole rings is 1. The molecule has 174 valence electrons. The second kappa shape index (κ2) is 10.6. The second-order valence-corrected chi connectivity index (χ2v) is 9.24. The predicted molar refractivity (Wildman–Crippen MR) is 135 cm³/mol. The molecule has 1 N–H and O–H groups in total. The largest absolute Gasteiger partial charge is 0.497 e. The van der Waals surface area contributed by atoms with Gasteiger partial charge in [-0.1, -0.05) is 65.8 Å². The van der Waals surface area contributed by atoms with Crippen LogP contribution in [0.2, 0.25) is 10.0 Å². The Kier molecular flexibility index (Phi) is 7.61. The molecule has 3 aromatic carbocycles. The Morgan fingerprint density at radius 3 is 2.09 bits per heavy atom. The Labute approximate surface area is 210 Å². The van der Waals surface area contributed by atoms with Gasteiger partial charge in [0.1, 0.15) is 28.2 Å². The van der Waals surface area contributed by atoms with Crippen LogP contribution in [-0.4, -0.2) is 17.1 Å². The Balaban J connectivity index is 1.71. The maximum atomic E-state index is 13.9. The van der Waals surface area contributed by atoms with Crippen LogP contribution in [0.5, 0.6) is 5.75 Å². The standard InChI is InChI=1S/C26H20Cl2F2N2OS/c1-3-23-26(34-14-15-4-8-18(33-2)9-5-15)32-25(31-23)24(16-6-10-21(29)19(27)12-16)17-7-11-22(30)20(28)13-17/h3-13,24H,1,14H2,2H3,(H,31,32). The summed E-state index contributed by atoms with van der Waals surface area (Å²) in [5.74, 6) is 0.528. The molecule has 0 aliphatic carbocycles. The van der Waals surface area contributed by atoms with Gasteiger partial charge in [-0.3, -0.25) is 0 Å². The summed E-state index contributed by atoms with van der Waals surface area (Å²) in [6.45, 7) is 3.90. The van der Waals surface area contributed by atoms with E-state index in [2.05, 4.69) is 11.6 Å². The van der Waals surface area contributed by atoms with Crippen LogP contribution in [0.1, 0.15) is 34.1 Å². The minimum Gasteiger partial charge on any atom is -0.497 e. The number of H-pyrrole nitrogens is 1. The molecule has 0 saturated heterocycles. The first-order chi connectivity index (χ1) is 16.4. The van der Waals surface area contributed by atoms with Gasteiger partial charge in [-0.05, 0) is 59.2 Å². The molecule has 0 fully saturated rings. The zero-order valence-electron chi connectivity index (χ0n) is 18.1. The summed E-state index contributed by atoms with van der Waals surface area (Å²) < 4.78 is 32.9. The molecule has 0 bridgehead atoms. The molecular formula is C26H20Cl2F2N2OS. The first kappa shape index (κ1) is 24.3. The summed E-state index contributed by atoms with van der Waals surface area (Å²) in [6, 6.07) is 16.7. The molecule has 0 aliphatic heterocycles. The minimum atomic E-state index is -0.525. The molecule has 8 heteroatoms. The van der Waals surface area contributed by atoms with E-state index >= 15 is 0 Å². The fraction of sp³-hybridized carbons (Fsp3) is 0.115. The molecule has 0 saturated carbocycles. The molecule has 0 aliphatic rings. The maximum absolute atomic E-state index is 13.9. The highest BCUT2D eigenvalue weighted by atomic mass is 35.5. The third-order valence-electron chi connectivity index (χ3n) is 5.28. The number of halogens is 4. The van der Waals surface area contributed by atoms with Crippen molar-refractivity contribution in [3.63, 3.8) is 0 Å². The number of ether oxygens (including phenoxy) is 1. The summed E-state index contributed by atoms with van der Waals surface area (Å²) in [6.07, 6.45) is 1.69. The number of benzene rings is 3. The van der Waals surface area contributed by atoms with Crippen molar-refractivity contribution < 1.29 is 13.5 Å². The van der Waals surface area contributed by atoms with Gasteiger partial charge in [-0.25, -0.2) is 13.8 Å². The lowest BCUT2D eigenvalue weighted by molar-refractivity contribution is 0.414. The first-order valence-corrected chi connectivity index (χ1v) is 12.0. The number of hydrogen-bond acceptors (Lipinski definition) is 3. The minimum absolute atomic E-state index is 0.0136. The van der Waals surface area contributed by atoms with Crippen LogP contribution in [0.25, 0.3) is 6.08 Å². The van der Waals surface area contributed by atoms with E-state index in [0.29, 0.717) is 22.7 Å². The van der Waals surface area contributed by atoms with Crippen molar-refractivity contribution in [2.75, 3.05) is 7.11 Å². The average Bonchev–Trinajstić information content (AvgIpc) is 3.25. The number of rotatable bonds is 8. The Bertz CT molecular complexity index is 1270. The quantitative estimate of drug-likeness (QED) is 0.240. The summed E-state index contributed by atoms with van der Waals surface area (Å²) in [4.78, 5) is 8.13. The van der Waals surface area contributed by atoms with Gasteiger partial charge in [0, 0.05) is 5.75 Å². The van der Waals surface area contributed by atoms with Crippen molar-refractivity contribution in [1.82, 2.24) is 9.97 Å². The second-order valence-electron chi connectivity index (χ2n) is 7.46. The average molecular weight is 517 g/mol. The fourth-order valence-corrected chi connectivity index (χ4v) is 4.87. The monoisotopic (exact) mass is 516 g/mol. The lowest BCUT2D eigenvalue weighted by Gasteiger charge is -2.17. The molecular weight excluding hydrogens is 497 g/mol. The molecule has 0 radical (unpaired) electrons. The molecule has 0 atom stereocenters. The van der Waals surface area contributed by atoms with Crippen molar-refractivity contribution in [1.29, 1.82) is 0 Å². The molecule has 1 aromatic heterocycles. The topological polar surface area (TPSA) is 37.9 Å².